The van der Waals surface area contributed by atoms with Gasteiger partial charge in [0.1, 0.15) is 12.4 Å². The van der Waals surface area contributed by atoms with E-state index in [4.69, 9.17) is 11.6 Å². The minimum Gasteiger partial charge on any atom is -0.370 e. The summed E-state index contributed by atoms with van der Waals surface area (Å²) >= 11 is 6.03. The Morgan fingerprint density at radius 2 is 2.14 bits per heavy atom. The van der Waals surface area contributed by atoms with E-state index in [-0.39, 0.29) is 0 Å². The summed E-state index contributed by atoms with van der Waals surface area (Å²) in [5, 5.41) is 13.4. The van der Waals surface area contributed by atoms with Crippen LogP contribution in [0.2, 0.25) is 5.02 Å². The maximum atomic E-state index is 6.03. The van der Waals surface area contributed by atoms with Gasteiger partial charge >= 0.3 is 0 Å². The van der Waals surface area contributed by atoms with Crippen molar-refractivity contribution in [2.24, 2.45) is 7.05 Å². The fourth-order valence-electron chi connectivity index (χ4n) is 2.16. The minimum absolute atomic E-state index is 0.465. The molecule has 3 aromatic heterocycles. The first-order chi connectivity index (χ1) is 10.1. The summed E-state index contributed by atoms with van der Waals surface area (Å²) in [6.45, 7) is 5.15. The standard InChI is InChI=1S/C13H16ClN7/c1-4-15-12-9-5-16-20(3)13(9)18-11(17-12)7-21-6-10(14)8(2)19-21/h5-6H,4,7H2,1-3H3,(H,15,17,18). The molecule has 21 heavy (non-hydrogen) atoms. The highest BCUT2D eigenvalue weighted by Crippen LogP contribution is 2.20. The van der Waals surface area contributed by atoms with Crippen LogP contribution in [0.1, 0.15) is 18.4 Å². The van der Waals surface area contributed by atoms with Crippen LogP contribution in [0.4, 0.5) is 5.82 Å². The van der Waals surface area contributed by atoms with Gasteiger partial charge in [-0.3, -0.25) is 9.36 Å². The van der Waals surface area contributed by atoms with Gasteiger partial charge in [-0.2, -0.15) is 10.2 Å². The third-order valence-electron chi connectivity index (χ3n) is 3.17. The largest absolute Gasteiger partial charge is 0.370 e. The second-order valence-electron chi connectivity index (χ2n) is 4.78. The summed E-state index contributed by atoms with van der Waals surface area (Å²) in [7, 11) is 1.86. The Balaban J connectivity index is 2.03. The Morgan fingerprint density at radius 3 is 2.81 bits per heavy atom. The van der Waals surface area contributed by atoms with E-state index in [1.54, 1.807) is 21.8 Å². The van der Waals surface area contributed by atoms with Crippen molar-refractivity contribution in [3.63, 3.8) is 0 Å². The molecular weight excluding hydrogens is 290 g/mol. The molecule has 0 aliphatic heterocycles. The number of fused-ring (bicyclic) bond motifs is 1. The smallest absolute Gasteiger partial charge is 0.163 e. The van der Waals surface area contributed by atoms with Crippen LogP contribution in [0.15, 0.2) is 12.4 Å². The van der Waals surface area contributed by atoms with Crippen LogP contribution >= 0.6 is 11.6 Å². The van der Waals surface area contributed by atoms with Gasteiger partial charge in [0, 0.05) is 19.8 Å². The zero-order valence-corrected chi connectivity index (χ0v) is 12.9. The van der Waals surface area contributed by atoms with Crippen molar-refractivity contribution >= 4 is 28.5 Å². The molecule has 0 spiro atoms. The minimum atomic E-state index is 0.465. The number of anilines is 1. The van der Waals surface area contributed by atoms with Crippen molar-refractivity contribution in [3.8, 4) is 0 Å². The molecule has 3 heterocycles. The summed E-state index contributed by atoms with van der Waals surface area (Å²) in [6, 6.07) is 0. The van der Waals surface area contributed by atoms with Crippen LogP contribution in [-0.2, 0) is 13.6 Å². The van der Waals surface area contributed by atoms with E-state index in [0.717, 1.165) is 29.1 Å². The zero-order valence-electron chi connectivity index (χ0n) is 12.1. The molecule has 0 aliphatic rings. The number of aromatic nitrogens is 6. The van der Waals surface area contributed by atoms with Crippen molar-refractivity contribution in [1.29, 1.82) is 0 Å². The van der Waals surface area contributed by atoms with E-state index in [1.165, 1.54) is 0 Å². The van der Waals surface area contributed by atoms with Crippen molar-refractivity contribution in [2.75, 3.05) is 11.9 Å². The summed E-state index contributed by atoms with van der Waals surface area (Å²) in [4.78, 5) is 9.12. The van der Waals surface area contributed by atoms with Crippen molar-refractivity contribution in [3.05, 3.63) is 28.9 Å². The first-order valence-corrected chi connectivity index (χ1v) is 7.08. The number of nitrogens with one attached hydrogen (secondary N) is 1. The molecule has 0 atom stereocenters. The highest BCUT2D eigenvalue weighted by Gasteiger charge is 2.12. The molecule has 7 nitrogen and oxygen atoms in total. The molecule has 0 saturated heterocycles. The lowest BCUT2D eigenvalue weighted by Crippen LogP contribution is -2.09. The van der Waals surface area contributed by atoms with Gasteiger partial charge in [0.2, 0.25) is 0 Å². The number of hydrogen-bond acceptors (Lipinski definition) is 5. The lowest BCUT2D eigenvalue weighted by Gasteiger charge is -2.07. The Kier molecular flexibility index (Phi) is 3.50. The molecule has 0 unspecified atom stereocenters. The van der Waals surface area contributed by atoms with Gasteiger partial charge in [0.05, 0.1) is 22.3 Å². The van der Waals surface area contributed by atoms with Crippen LogP contribution in [0.25, 0.3) is 11.0 Å². The third kappa shape index (κ3) is 2.56. The van der Waals surface area contributed by atoms with Gasteiger partial charge in [-0.25, -0.2) is 9.97 Å². The summed E-state index contributed by atoms with van der Waals surface area (Å²) in [6.07, 6.45) is 3.55. The van der Waals surface area contributed by atoms with Gasteiger partial charge in [-0.15, -0.1) is 0 Å². The van der Waals surface area contributed by atoms with Gasteiger partial charge in [-0.05, 0) is 13.8 Å². The molecule has 0 bridgehead atoms. The van der Waals surface area contributed by atoms with E-state index >= 15 is 0 Å². The van der Waals surface area contributed by atoms with Crippen molar-refractivity contribution in [2.45, 2.75) is 20.4 Å². The van der Waals surface area contributed by atoms with E-state index in [9.17, 15) is 0 Å². The van der Waals surface area contributed by atoms with Crippen LogP contribution in [0.5, 0.6) is 0 Å². The second-order valence-corrected chi connectivity index (χ2v) is 5.19. The zero-order chi connectivity index (χ0) is 15.0. The molecule has 1 N–H and O–H groups in total. The maximum absolute atomic E-state index is 6.03. The van der Waals surface area contributed by atoms with E-state index < -0.39 is 0 Å². The fourth-order valence-corrected chi connectivity index (χ4v) is 2.31. The SMILES string of the molecule is CCNc1nc(Cn2cc(Cl)c(C)n2)nc2c1cnn2C. The summed E-state index contributed by atoms with van der Waals surface area (Å²) < 4.78 is 3.48. The molecule has 0 aliphatic carbocycles. The molecule has 0 saturated carbocycles. The average Bonchev–Trinajstić information content (AvgIpc) is 2.95. The van der Waals surface area contributed by atoms with Crippen LogP contribution in [0, 0.1) is 6.92 Å². The molecule has 0 radical (unpaired) electrons. The molecule has 0 amide bonds. The highest BCUT2D eigenvalue weighted by atomic mass is 35.5. The number of aryl methyl sites for hydroxylation is 2. The Hall–Kier alpha value is -2.15. The summed E-state index contributed by atoms with van der Waals surface area (Å²) in [5.74, 6) is 1.46. The predicted molar refractivity (Wildman–Crippen MR) is 81.5 cm³/mol. The fraction of sp³-hybridized carbons (Fsp3) is 0.385. The van der Waals surface area contributed by atoms with Crippen LogP contribution in [0.3, 0.4) is 0 Å². The quantitative estimate of drug-likeness (QED) is 0.798. The third-order valence-corrected chi connectivity index (χ3v) is 3.54. The van der Waals surface area contributed by atoms with E-state index in [2.05, 4.69) is 25.5 Å². The van der Waals surface area contributed by atoms with E-state index in [0.29, 0.717) is 17.4 Å². The number of nitrogens with zero attached hydrogens (tertiary/aromatic N) is 6. The van der Waals surface area contributed by atoms with E-state index in [1.807, 2.05) is 20.9 Å². The maximum Gasteiger partial charge on any atom is 0.163 e. The first kappa shape index (κ1) is 13.8. The Bertz CT molecular complexity index is 770. The predicted octanol–water partition coefficient (Wildman–Crippen LogP) is 2.00. The second kappa shape index (κ2) is 5.33. The summed E-state index contributed by atoms with van der Waals surface area (Å²) in [5.41, 5.74) is 1.59. The molecule has 0 aromatic carbocycles. The Labute approximate surface area is 127 Å². The van der Waals surface area contributed by atoms with Gasteiger partial charge < -0.3 is 5.32 Å². The number of halogens is 1. The van der Waals surface area contributed by atoms with Crippen molar-refractivity contribution in [1.82, 2.24) is 29.5 Å². The van der Waals surface area contributed by atoms with Crippen molar-refractivity contribution < 1.29 is 0 Å². The van der Waals surface area contributed by atoms with Crippen LogP contribution in [-0.4, -0.2) is 36.1 Å². The lowest BCUT2D eigenvalue weighted by atomic mass is 10.3. The van der Waals surface area contributed by atoms with Gasteiger partial charge in [-0.1, -0.05) is 11.6 Å². The lowest BCUT2D eigenvalue weighted by molar-refractivity contribution is 0.649. The van der Waals surface area contributed by atoms with Crippen LogP contribution < -0.4 is 5.32 Å². The number of rotatable bonds is 4. The first-order valence-electron chi connectivity index (χ1n) is 6.70. The topological polar surface area (TPSA) is 73.5 Å². The number of hydrogen-bond donors (Lipinski definition) is 1. The van der Waals surface area contributed by atoms with Gasteiger partial charge in [0.15, 0.2) is 11.5 Å². The molecule has 110 valence electrons. The Morgan fingerprint density at radius 1 is 1.33 bits per heavy atom. The van der Waals surface area contributed by atoms with Gasteiger partial charge in [0.25, 0.3) is 0 Å². The average molecular weight is 306 g/mol. The molecule has 3 rings (SSSR count). The molecule has 3 aromatic rings. The normalized spacial score (nSPS) is 11.2. The molecular formula is C13H16ClN7. The highest BCUT2D eigenvalue weighted by molar-refractivity contribution is 6.31. The molecule has 0 fully saturated rings. The molecule has 8 heteroatoms. The monoisotopic (exact) mass is 305 g/mol.